The lowest BCUT2D eigenvalue weighted by atomic mass is 10.4. The first-order chi connectivity index (χ1) is 11.5. The van der Waals surface area contributed by atoms with Gasteiger partial charge < -0.3 is 29.9 Å². The van der Waals surface area contributed by atoms with Crippen molar-refractivity contribution in [3.8, 4) is 0 Å². The first-order valence-corrected chi connectivity index (χ1v) is 8.41. The van der Waals surface area contributed by atoms with Crippen LogP contribution in [0.3, 0.4) is 0 Å². The predicted molar refractivity (Wildman–Crippen MR) is 94.0 cm³/mol. The quantitative estimate of drug-likeness (QED) is 0.293. The van der Waals surface area contributed by atoms with Crippen LogP contribution in [-0.4, -0.2) is 102 Å². The molecule has 0 atom stereocenters. The smallest absolute Gasteiger partial charge is 0.306 e. The number of hydrogen-bond donors (Lipinski definition) is 2. The highest BCUT2D eigenvalue weighted by Gasteiger charge is 2.04. The minimum Gasteiger partial charge on any atom is -0.469 e. The van der Waals surface area contributed by atoms with E-state index in [1.807, 2.05) is 0 Å². The summed E-state index contributed by atoms with van der Waals surface area (Å²) in [6.07, 6.45) is 0.817. The zero-order valence-corrected chi connectivity index (χ0v) is 15.6. The summed E-state index contributed by atoms with van der Waals surface area (Å²) in [5.41, 5.74) is 0. The maximum absolute atomic E-state index is 11.0. The molecule has 142 valence electrons. The van der Waals surface area contributed by atoms with Crippen molar-refractivity contribution >= 4 is 11.9 Å². The average Bonchev–Trinajstić information content (AvgIpc) is 2.58. The normalized spacial score (nSPS) is 11.1. The number of nitrogens with one attached hydrogen (secondary N) is 2. The van der Waals surface area contributed by atoms with Gasteiger partial charge >= 0.3 is 11.9 Å². The summed E-state index contributed by atoms with van der Waals surface area (Å²) in [6, 6.07) is 0. The summed E-state index contributed by atoms with van der Waals surface area (Å²) < 4.78 is 9.17. The zero-order chi connectivity index (χ0) is 18.2. The lowest BCUT2D eigenvalue weighted by molar-refractivity contribution is -0.141. The first-order valence-electron chi connectivity index (χ1n) is 8.41. The van der Waals surface area contributed by atoms with Gasteiger partial charge in [0.1, 0.15) is 0 Å². The summed E-state index contributed by atoms with van der Waals surface area (Å²) >= 11 is 0. The molecule has 0 heterocycles. The minimum atomic E-state index is -0.183. The maximum atomic E-state index is 11.0. The van der Waals surface area contributed by atoms with E-state index >= 15 is 0 Å². The second-order valence-corrected chi connectivity index (χ2v) is 5.76. The van der Waals surface area contributed by atoms with Crippen LogP contribution in [0.15, 0.2) is 0 Å². The number of nitrogens with zero attached hydrogens (tertiary/aromatic N) is 2. The van der Waals surface area contributed by atoms with Gasteiger partial charge in [0, 0.05) is 52.4 Å². The second-order valence-electron chi connectivity index (χ2n) is 5.76. The highest BCUT2D eigenvalue weighted by atomic mass is 16.5. The van der Waals surface area contributed by atoms with Gasteiger partial charge in [-0.1, -0.05) is 0 Å². The monoisotopic (exact) mass is 346 g/mol. The molecule has 0 spiro atoms. The van der Waals surface area contributed by atoms with Crippen molar-refractivity contribution in [1.29, 1.82) is 0 Å². The third kappa shape index (κ3) is 14.4. The molecule has 24 heavy (non-hydrogen) atoms. The number of carbonyl (C=O) groups is 2. The molecule has 0 saturated carbocycles. The molecular weight excluding hydrogens is 312 g/mol. The van der Waals surface area contributed by atoms with Gasteiger partial charge in [-0.05, 0) is 14.1 Å². The molecule has 0 radical (unpaired) electrons. The van der Waals surface area contributed by atoms with E-state index in [1.165, 1.54) is 14.2 Å². The van der Waals surface area contributed by atoms with Crippen LogP contribution in [0.1, 0.15) is 12.8 Å². The lowest BCUT2D eigenvalue weighted by Crippen LogP contribution is -2.37. The van der Waals surface area contributed by atoms with Gasteiger partial charge in [0.15, 0.2) is 0 Å². The van der Waals surface area contributed by atoms with Crippen molar-refractivity contribution in [3.63, 3.8) is 0 Å². The molecule has 0 amide bonds. The summed E-state index contributed by atoms with van der Waals surface area (Å²) in [7, 11) is 6.98. The van der Waals surface area contributed by atoms with Crippen LogP contribution in [0.25, 0.3) is 0 Å². The molecule has 8 nitrogen and oxygen atoms in total. The van der Waals surface area contributed by atoms with E-state index in [4.69, 9.17) is 0 Å². The minimum absolute atomic E-state index is 0.183. The van der Waals surface area contributed by atoms with Crippen molar-refractivity contribution in [3.05, 3.63) is 0 Å². The van der Waals surface area contributed by atoms with Gasteiger partial charge in [-0.25, -0.2) is 0 Å². The number of methoxy groups -OCH3 is 2. The second kappa shape index (κ2) is 15.3. The summed E-state index contributed by atoms with van der Waals surface area (Å²) in [5, 5.41) is 6.46. The van der Waals surface area contributed by atoms with Crippen LogP contribution in [-0.2, 0) is 19.1 Å². The van der Waals surface area contributed by atoms with Crippen molar-refractivity contribution in [2.24, 2.45) is 0 Å². The van der Waals surface area contributed by atoms with Gasteiger partial charge in [-0.15, -0.1) is 0 Å². The Balaban J connectivity index is 3.46. The molecule has 0 bridgehead atoms. The first kappa shape index (κ1) is 22.8. The zero-order valence-electron chi connectivity index (χ0n) is 15.6. The van der Waals surface area contributed by atoms with Crippen LogP contribution in [0.4, 0.5) is 0 Å². The molecule has 0 rings (SSSR count). The number of ether oxygens (including phenoxy) is 2. The molecule has 0 saturated heterocycles. The van der Waals surface area contributed by atoms with E-state index in [1.54, 1.807) is 0 Å². The molecule has 0 unspecified atom stereocenters. The van der Waals surface area contributed by atoms with E-state index in [0.717, 1.165) is 39.3 Å². The maximum Gasteiger partial charge on any atom is 0.306 e. The Labute approximate surface area is 145 Å². The van der Waals surface area contributed by atoms with Crippen molar-refractivity contribution in [1.82, 2.24) is 20.4 Å². The number of hydrogen-bond acceptors (Lipinski definition) is 8. The highest BCUT2D eigenvalue weighted by Crippen LogP contribution is 1.87. The average molecular weight is 346 g/mol. The molecule has 8 heteroatoms. The van der Waals surface area contributed by atoms with Crippen molar-refractivity contribution < 1.29 is 19.1 Å². The van der Waals surface area contributed by atoms with Crippen molar-refractivity contribution in [2.75, 3.05) is 80.7 Å². The molecule has 0 aromatic carbocycles. The summed E-state index contributed by atoms with van der Waals surface area (Å²) in [4.78, 5) is 26.4. The van der Waals surface area contributed by atoms with Crippen LogP contribution in [0, 0.1) is 0 Å². The Kier molecular flexibility index (Phi) is 14.5. The third-order valence-electron chi connectivity index (χ3n) is 3.67. The van der Waals surface area contributed by atoms with Gasteiger partial charge in [0.05, 0.1) is 27.1 Å². The fourth-order valence-corrected chi connectivity index (χ4v) is 1.94. The molecule has 0 aromatic heterocycles. The summed E-state index contributed by atoms with van der Waals surface area (Å²) in [6.45, 7) is 6.85. The Hall–Kier alpha value is -1.22. The van der Waals surface area contributed by atoms with Gasteiger partial charge in [0.2, 0.25) is 0 Å². The largest absolute Gasteiger partial charge is 0.469 e. The van der Waals surface area contributed by atoms with E-state index in [9.17, 15) is 9.59 Å². The summed E-state index contributed by atoms with van der Waals surface area (Å²) in [5.74, 6) is -0.365. The van der Waals surface area contributed by atoms with Crippen LogP contribution in [0.2, 0.25) is 0 Å². The molecule has 0 aliphatic heterocycles. The van der Waals surface area contributed by atoms with E-state index in [2.05, 4.69) is 44.0 Å². The van der Waals surface area contributed by atoms with E-state index in [0.29, 0.717) is 25.9 Å². The topological polar surface area (TPSA) is 83.1 Å². The lowest BCUT2D eigenvalue weighted by Gasteiger charge is -2.22. The van der Waals surface area contributed by atoms with Gasteiger partial charge in [-0.2, -0.15) is 0 Å². The standard InChI is InChI=1S/C16H34N4O4/c1-19(11-9-17-7-5-15(21)23-3)13-14-20(2)12-10-18-8-6-16(22)24-4/h17-18H,5-14H2,1-4H3. The Morgan fingerprint density at radius 1 is 0.708 bits per heavy atom. The number of likely N-dealkylation sites (N-methyl/N-ethyl adjacent to an activating group) is 2. The molecule has 0 aliphatic carbocycles. The third-order valence-corrected chi connectivity index (χ3v) is 3.67. The van der Waals surface area contributed by atoms with Crippen LogP contribution < -0.4 is 10.6 Å². The molecular formula is C16H34N4O4. The Morgan fingerprint density at radius 2 is 1.08 bits per heavy atom. The number of esters is 2. The molecule has 0 fully saturated rings. The highest BCUT2D eigenvalue weighted by molar-refractivity contribution is 5.69. The fraction of sp³-hybridized carbons (Fsp3) is 0.875. The number of rotatable bonds is 15. The van der Waals surface area contributed by atoms with Crippen LogP contribution >= 0.6 is 0 Å². The molecule has 0 aliphatic rings. The van der Waals surface area contributed by atoms with Crippen molar-refractivity contribution in [2.45, 2.75) is 12.8 Å². The molecule has 2 N–H and O–H groups in total. The van der Waals surface area contributed by atoms with E-state index in [-0.39, 0.29) is 11.9 Å². The number of carbonyl (C=O) groups excluding carboxylic acids is 2. The van der Waals surface area contributed by atoms with Gasteiger partial charge in [-0.3, -0.25) is 9.59 Å². The fourth-order valence-electron chi connectivity index (χ4n) is 1.94. The van der Waals surface area contributed by atoms with E-state index < -0.39 is 0 Å². The Morgan fingerprint density at radius 3 is 1.42 bits per heavy atom. The van der Waals surface area contributed by atoms with Crippen LogP contribution in [0.5, 0.6) is 0 Å². The SMILES string of the molecule is COC(=O)CCNCCN(C)CCN(C)CCNCCC(=O)OC. The Bertz CT molecular complexity index is 310. The van der Waals surface area contributed by atoms with Gasteiger partial charge in [0.25, 0.3) is 0 Å². The predicted octanol–water partition coefficient (Wildman–Crippen LogP) is -0.845. The molecule has 0 aromatic rings.